The van der Waals surface area contributed by atoms with E-state index in [0.717, 1.165) is 12.1 Å². The molecule has 1 saturated heterocycles. The minimum absolute atomic E-state index is 0.113. The van der Waals surface area contributed by atoms with Crippen LogP contribution in [0, 0.1) is 0 Å². The van der Waals surface area contributed by atoms with Crippen LogP contribution in [0.15, 0.2) is 42.6 Å². The van der Waals surface area contributed by atoms with Crippen molar-refractivity contribution in [2.45, 2.75) is 12.8 Å². The number of amides is 2. The van der Waals surface area contributed by atoms with Crippen LogP contribution in [0.1, 0.15) is 23.2 Å². The predicted octanol–water partition coefficient (Wildman–Crippen LogP) is 2.47. The molecule has 1 N–H and O–H groups in total. The maximum Gasteiger partial charge on any atom is 0.261 e. The van der Waals surface area contributed by atoms with E-state index in [1.165, 1.54) is 7.11 Å². The lowest BCUT2D eigenvalue weighted by Gasteiger charge is -2.17. The SMILES string of the molecule is COc1ncccc1C(=O)Nc1cccc(N2CCCC2=O)c1. The summed E-state index contributed by atoms with van der Waals surface area (Å²) in [5.41, 5.74) is 1.78. The molecule has 1 aliphatic rings. The van der Waals surface area contributed by atoms with Crippen LogP contribution in [0.2, 0.25) is 0 Å². The van der Waals surface area contributed by atoms with Crippen molar-refractivity contribution in [3.05, 3.63) is 48.2 Å². The molecule has 118 valence electrons. The zero-order chi connectivity index (χ0) is 16.2. The molecule has 23 heavy (non-hydrogen) atoms. The van der Waals surface area contributed by atoms with Crippen LogP contribution in [0.25, 0.3) is 0 Å². The highest BCUT2D eigenvalue weighted by Crippen LogP contribution is 2.25. The molecule has 0 spiro atoms. The van der Waals surface area contributed by atoms with Crippen molar-refractivity contribution >= 4 is 23.2 Å². The molecule has 0 radical (unpaired) electrons. The number of anilines is 2. The quantitative estimate of drug-likeness (QED) is 0.941. The van der Waals surface area contributed by atoms with Crippen molar-refractivity contribution in [3.63, 3.8) is 0 Å². The number of pyridine rings is 1. The van der Waals surface area contributed by atoms with Gasteiger partial charge in [-0.05, 0) is 36.8 Å². The number of methoxy groups -OCH3 is 1. The van der Waals surface area contributed by atoms with Gasteiger partial charge in [-0.15, -0.1) is 0 Å². The van der Waals surface area contributed by atoms with E-state index in [0.29, 0.717) is 24.2 Å². The molecule has 0 atom stereocenters. The highest BCUT2D eigenvalue weighted by Gasteiger charge is 2.22. The van der Waals surface area contributed by atoms with Crippen LogP contribution in [0.4, 0.5) is 11.4 Å². The van der Waals surface area contributed by atoms with E-state index in [9.17, 15) is 9.59 Å². The first-order valence-electron chi connectivity index (χ1n) is 7.40. The first-order chi connectivity index (χ1) is 11.2. The summed E-state index contributed by atoms with van der Waals surface area (Å²) in [5.74, 6) is 0.0816. The molecule has 1 aromatic carbocycles. The van der Waals surface area contributed by atoms with Crippen LogP contribution in [0.3, 0.4) is 0 Å². The van der Waals surface area contributed by atoms with Gasteiger partial charge in [0.25, 0.3) is 5.91 Å². The van der Waals surface area contributed by atoms with E-state index >= 15 is 0 Å². The molecule has 6 heteroatoms. The maximum absolute atomic E-state index is 12.4. The number of aromatic nitrogens is 1. The third-order valence-electron chi connectivity index (χ3n) is 3.70. The highest BCUT2D eigenvalue weighted by molar-refractivity contribution is 6.06. The average Bonchev–Trinajstić information content (AvgIpc) is 3.01. The van der Waals surface area contributed by atoms with Gasteiger partial charge in [-0.1, -0.05) is 6.07 Å². The second-order valence-corrected chi connectivity index (χ2v) is 5.21. The molecule has 1 aliphatic heterocycles. The highest BCUT2D eigenvalue weighted by atomic mass is 16.5. The monoisotopic (exact) mass is 311 g/mol. The van der Waals surface area contributed by atoms with Crippen LogP contribution in [-0.2, 0) is 4.79 Å². The van der Waals surface area contributed by atoms with E-state index in [1.807, 2.05) is 12.1 Å². The van der Waals surface area contributed by atoms with Crippen molar-refractivity contribution < 1.29 is 14.3 Å². The fourth-order valence-corrected chi connectivity index (χ4v) is 2.60. The number of nitrogens with zero attached hydrogens (tertiary/aromatic N) is 2. The van der Waals surface area contributed by atoms with Crippen LogP contribution in [0.5, 0.6) is 5.88 Å². The summed E-state index contributed by atoms with van der Waals surface area (Å²) in [6, 6.07) is 10.6. The predicted molar refractivity (Wildman–Crippen MR) is 86.8 cm³/mol. The second-order valence-electron chi connectivity index (χ2n) is 5.21. The lowest BCUT2D eigenvalue weighted by Crippen LogP contribution is -2.23. The lowest BCUT2D eigenvalue weighted by molar-refractivity contribution is -0.117. The van der Waals surface area contributed by atoms with E-state index in [4.69, 9.17) is 4.74 Å². The van der Waals surface area contributed by atoms with Gasteiger partial charge in [0.05, 0.1) is 7.11 Å². The van der Waals surface area contributed by atoms with Gasteiger partial charge < -0.3 is 15.0 Å². The van der Waals surface area contributed by atoms with Crippen molar-refractivity contribution in [1.29, 1.82) is 0 Å². The Morgan fingerprint density at radius 1 is 1.30 bits per heavy atom. The molecule has 0 bridgehead atoms. The Morgan fingerprint density at radius 3 is 2.91 bits per heavy atom. The van der Waals surface area contributed by atoms with Crippen molar-refractivity contribution in [1.82, 2.24) is 4.98 Å². The van der Waals surface area contributed by atoms with Gasteiger partial charge in [0.1, 0.15) is 5.56 Å². The van der Waals surface area contributed by atoms with Crippen molar-refractivity contribution in [3.8, 4) is 5.88 Å². The van der Waals surface area contributed by atoms with Gasteiger partial charge in [0.15, 0.2) is 0 Å². The number of rotatable bonds is 4. The number of ether oxygens (including phenoxy) is 1. The molecule has 1 fully saturated rings. The summed E-state index contributed by atoms with van der Waals surface area (Å²) in [4.78, 5) is 30.0. The average molecular weight is 311 g/mol. The number of hydrogen-bond acceptors (Lipinski definition) is 4. The molecule has 0 unspecified atom stereocenters. The maximum atomic E-state index is 12.4. The fraction of sp³-hybridized carbons (Fsp3) is 0.235. The van der Waals surface area contributed by atoms with E-state index in [-0.39, 0.29) is 17.7 Å². The minimum atomic E-state index is -0.306. The molecule has 2 aromatic rings. The summed E-state index contributed by atoms with van der Waals surface area (Å²) >= 11 is 0. The van der Waals surface area contributed by atoms with Gasteiger partial charge in [-0.3, -0.25) is 9.59 Å². The Labute approximate surface area is 134 Å². The Hall–Kier alpha value is -2.89. The minimum Gasteiger partial charge on any atom is -0.480 e. The van der Waals surface area contributed by atoms with E-state index < -0.39 is 0 Å². The number of benzene rings is 1. The van der Waals surface area contributed by atoms with Crippen LogP contribution < -0.4 is 15.0 Å². The number of carbonyl (C=O) groups excluding carboxylic acids is 2. The molecule has 0 saturated carbocycles. The van der Waals surface area contributed by atoms with E-state index in [2.05, 4.69) is 10.3 Å². The number of carbonyl (C=O) groups is 2. The van der Waals surface area contributed by atoms with Gasteiger partial charge in [0, 0.05) is 30.5 Å². The standard InChI is InChI=1S/C17H17N3O3/c1-23-17-14(7-3-9-18-17)16(22)19-12-5-2-6-13(11-12)20-10-4-8-15(20)21/h2-3,5-7,9,11H,4,8,10H2,1H3,(H,19,22). The van der Waals surface area contributed by atoms with Crippen molar-refractivity contribution in [2.75, 3.05) is 23.9 Å². The molecule has 1 aromatic heterocycles. The summed E-state index contributed by atoms with van der Waals surface area (Å²) in [6.07, 6.45) is 3.00. The Kier molecular flexibility index (Phi) is 4.23. The molecule has 2 amide bonds. The number of hydrogen-bond donors (Lipinski definition) is 1. The zero-order valence-electron chi connectivity index (χ0n) is 12.8. The summed E-state index contributed by atoms with van der Waals surface area (Å²) in [5, 5.41) is 2.81. The zero-order valence-corrected chi connectivity index (χ0v) is 12.8. The van der Waals surface area contributed by atoms with Crippen molar-refractivity contribution in [2.24, 2.45) is 0 Å². The molecular formula is C17H17N3O3. The van der Waals surface area contributed by atoms with Gasteiger partial charge >= 0.3 is 0 Å². The topological polar surface area (TPSA) is 71.5 Å². The number of nitrogens with one attached hydrogen (secondary N) is 1. The first-order valence-corrected chi connectivity index (χ1v) is 7.40. The fourth-order valence-electron chi connectivity index (χ4n) is 2.60. The molecule has 6 nitrogen and oxygen atoms in total. The van der Waals surface area contributed by atoms with Crippen LogP contribution >= 0.6 is 0 Å². The smallest absolute Gasteiger partial charge is 0.261 e. The molecule has 3 rings (SSSR count). The lowest BCUT2D eigenvalue weighted by atomic mass is 10.2. The Morgan fingerprint density at radius 2 is 2.17 bits per heavy atom. The summed E-state index contributed by atoms with van der Waals surface area (Å²) < 4.78 is 5.10. The van der Waals surface area contributed by atoms with Gasteiger partial charge in [-0.25, -0.2) is 4.98 Å². The first kappa shape index (κ1) is 15.0. The molecule has 0 aliphatic carbocycles. The van der Waals surface area contributed by atoms with Gasteiger partial charge in [-0.2, -0.15) is 0 Å². The molecule has 2 heterocycles. The molecular weight excluding hydrogens is 294 g/mol. The third-order valence-corrected chi connectivity index (χ3v) is 3.70. The summed E-state index contributed by atoms with van der Waals surface area (Å²) in [7, 11) is 1.47. The summed E-state index contributed by atoms with van der Waals surface area (Å²) in [6.45, 7) is 0.715. The van der Waals surface area contributed by atoms with Crippen LogP contribution in [-0.4, -0.2) is 30.5 Å². The van der Waals surface area contributed by atoms with E-state index in [1.54, 1.807) is 35.4 Å². The largest absolute Gasteiger partial charge is 0.480 e. The third kappa shape index (κ3) is 3.15. The Balaban J connectivity index is 1.80. The normalized spacial score (nSPS) is 14.0. The second kappa shape index (κ2) is 6.48. The van der Waals surface area contributed by atoms with Gasteiger partial charge in [0.2, 0.25) is 11.8 Å². The Bertz CT molecular complexity index is 745.